The van der Waals surface area contributed by atoms with Crippen LogP contribution in [0.2, 0.25) is 0 Å². The second kappa shape index (κ2) is 3.85. The van der Waals surface area contributed by atoms with Gasteiger partial charge in [0, 0.05) is 6.07 Å². The van der Waals surface area contributed by atoms with Gasteiger partial charge in [0.1, 0.15) is 18.0 Å². The minimum Gasteiger partial charge on any atom is -0.390 e. The van der Waals surface area contributed by atoms with E-state index in [1.165, 1.54) is 0 Å². The molecule has 0 spiro atoms. The summed E-state index contributed by atoms with van der Waals surface area (Å²) in [7, 11) is 0. The second-order valence-corrected chi connectivity index (χ2v) is 2.78. The number of nitro groups is 1. The Hall–Kier alpha value is -1.63. The monoisotopic (exact) mass is 221 g/mol. The van der Waals surface area contributed by atoms with E-state index >= 15 is 0 Å². The van der Waals surface area contributed by atoms with Gasteiger partial charge in [-0.1, -0.05) is 0 Å². The van der Waals surface area contributed by atoms with Crippen molar-refractivity contribution in [1.82, 2.24) is 0 Å². The van der Waals surface area contributed by atoms with Crippen LogP contribution >= 0.6 is 0 Å². The lowest BCUT2D eigenvalue weighted by Crippen LogP contribution is -2.20. The van der Waals surface area contributed by atoms with Crippen LogP contribution in [0.15, 0.2) is 18.2 Å². The molecule has 0 aliphatic carbocycles. The Morgan fingerprint density at radius 3 is 2.53 bits per heavy atom. The molecular formula is C8H6F3NO3. The summed E-state index contributed by atoms with van der Waals surface area (Å²) < 4.78 is 38.6. The van der Waals surface area contributed by atoms with Crippen LogP contribution < -0.4 is 0 Å². The molecular weight excluding hydrogens is 215 g/mol. The summed E-state index contributed by atoms with van der Waals surface area (Å²) >= 11 is 0. The number of nitro benzene ring substituents is 1. The Labute approximate surface area is 82.1 Å². The minimum absolute atomic E-state index is 0.342. The predicted molar refractivity (Wildman–Crippen MR) is 44.0 cm³/mol. The van der Waals surface area contributed by atoms with E-state index in [1.54, 1.807) is 0 Å². The third-order valence-corrected chi connectivity index (χ3v) is 1.75. The fourth-order valence-electron chi connectivity index (χ4n) is 1.05. The number of hydrogen-bond donors (Lipinski definition) is 1. The lowest BCUT2D eigenvalue weighted by molar-refractivity contribution is -0.387. The molecule has 0 fully saturated rings. The molecule has 1 aromatic rings. The first-order chi connectivity index (χ1) is 6.88. The second-order valence-electron chi connectivity index (χ2n) is 2.78. The van der Waals surface area contributed by atoms with Crippen molar-refractivity contribution in [3.63, 3.8) is 0 Å². The van der Waals surface area contributed by atoms with Crippen LogP contribution in [0.25, 0.3) is 0 Å². The maximum Gasteiger partial charge on any atom is 0.302 e. The van der Waals surface area contributed by atoms with Crippen molar-refractivity contribution in [3.05, 3.63) is 39.7 Å². The predicted octanol–water partition coefficient (Wildman–Crippen LogP) is 1.82. The van der Waals surface area contributed by atoms with E-state index < -0.39 is 34.5 Å². The van der Waals surface area contributed by atoms with E-state index in [9.17, 15) is 23.3 Å². The lowest BCUT2D eigenvalue weighted by atomic mass is 10.1. The molecule has 82 valence electrons. The topological polar surface area (TPSA) is 63.4 Å². The van der Waals surface area contributed by atoms with Crippen molar-refractivity contribution in [2.24, 2.45) is 0 Å². The maximum absolute atomic E-state index is 13.0. The quantitative estimate of drug-likeness (QED) is 0.625. The molecule has 0 saturated carbocycles. The molecule has 0 radical (unpaired) electrons. The summed E-state index contributed by atoms with van der Waals surface area (Å²) in [5.41, 5.74) is -2.05. The minimum atomic E-state index is -3.83. The zero-order chi connectivity index (χ0) is 11.6. The molecule has 1 rings (SSSR count). The highest BCUT2D eigenvalue weighted by Gasteiger charge is 2.37. The van der Waals surface area contributed by atoms with Gasteiger partial charge in [0.25, 0.3) is 5.69 Å². The van der Waals surface area contributed by atoms with Crippen LogP contribution in [0.4, 0.5) is 18.9 Å². The van der Waals surface area contributed by atoms with Crippen LogP contribution in [-0.2, 0) is 5.92 Å². The molecule has 0 aromatic heterocycles. The smallest absolute Gasteiger partial charge is 0.302 e. The Bertz CT molecular complexity index is 395. The fraction of sp³-hybridized carbons (Fsp3) is 0.250. The molecule has 0 unspecified atom stereocenters. The van der Waals surface area contributed by atoms with E-state index in [0.717, 1.165) is 0 Å². The van der Waals surface area contributed by atoms with Crippen molar-refractivity contribution in [2.45, 2.75) is 5.92 Å². The van der Waals surface area contributed by atoms with Crippen molar-refractivity contribution in [3.8, 4) is 0 Å². The largest absolute Gasteiger partial charge is 0.390 e. The molecule has 7 heteroatoms. The van der Waals surface area contributed by atoms with Crippen LogP contribution in [0.1, 0.15) is 5.56 Å². The van der Waals surface area contributed by atoms with Gasteiger partial charge in [-0.25, -0.2) is 4.39 Å². The fourth-order valence-corrected chi connectivity index (χ4v) is 1.05. The summed E-state index contributed by atoms with van der Waals surface area (Å²) in [6, 6.07) is 1.68. The molecule has 0 aliphatic rings. The Morgan fingerprint density at radius 1 is 1.47 bits per heavy atom. The van der Waals surface area contributed by atoms with Gasteiger partial charge in [-0.2, -0.15) is 8.78 Å². The maximum atomic E-state index is 13.0. The highest BCUT2D eigenvalue weighted by Crippen LogP contribution is 2.34. The zero-order valence-corrected chi connectivity index (χ0v) is 7.28. The van der Waals surface area contributed by atoms with Gasteiger partial charge in [-0.05, 0) is 12.1 Å². The first-order valence-corrected chi connectivity index (χ1v) is 3.81. The molecule has 0 heterocycles. The van der Waals surface area contributed by atoms with E-state index in [4.69, 9.17) is 5.11 Å². The van der Waals surface area contributed by atoms with E-state index in [2.05, 4.69) is 0 Å². The number of aliphatic hydroxyl groups excluding tert-OH is 1. The van der Waals surface area contributed by atoms with Gasteiger partial charge in [-0.15, -0.1) is 0 Å². The summed E-state index contributed by atoms with van der Waals surface area (Å²) in [6.45, 7) is -1.61. The normalized spacial score (nSPS) is 11.5. The highest BCUT2D eigenvalue weighted by molar-refractivity contribution is 5.43. The molecule has 4 nitrogen and oxygen atoms in total. The lowest BCUT2D eigenvalue weighted by Gasteiger charge is -2.13. The Kier molecular flexibility index (Phi) is 2.94. The number of benzene rings is 1. The summed E-state index contributed by atoms with van der Waals surface area (Å²) in [6.07, 6.45) is 0. The van der Waals surface area contributed by atoms with Gasteiger partial charge in [-0.3, -0.25) is 10.1 Å². The molecule has 0 bridgehead atoms. The third kappa shape index (κ3) is 2.24. The van der Waals surface area contributed by atoms with Crippen LogP contribution in [0, 0.1) is 15.9 Å². The van der Waals surface area contributed by atoms with Gasteiger partial charge >= 0.3 is 5.92 Å². The Morgan fingerprint density at radius 2 is 2.07 bits per heavy atom. The van der Waals surface area contributed by atoms with Crippen molar-refractivity contribution in [2.75, 3.05) is 6.61 Å². The molecule has 1 N–H and O–H groups in total. The number of hydrogen-bond acceptors (Lipinski definition) is 3. The molecule has 0 saturated heterocycles. The van der Waals surface area contributed by atoms with Gasteiger partial charge < -0.3 is 5.11 Å². The zero-order valence-electron chi connectivity index (χ0n) is 7.28. The SMILES string of the molecule is O=[N+]([O-])c1ccc(F)cc1C(F)(F)CO. The number of halogens is 3. The summed E-state index contributed by atoms with van der Waals surface area (Å²) in [4.78, 5) is 9.31. The summed E-state index contributed by atoms with van der Waals surface area (Å²) in [5, 5.41) is 18.7. The summed E-state index contributed by atoms with van der Waals surface area (Å²) in [5.74, 6) is -4.85. The standard InChI is InChI=1S/C8H6F3NO3/c9-5-1-2-7(12(14)15)6(3-5)8(10,11)4-13/h1-3,13H,4H2. The molecule has 1 aromatic carbocycles. The van der Waals surface area contributed by atoms with Gasteiger partial charge in [0.15, 0.2) is 0 Å². The van der Waals surface area contributed by atoms with E-state index in [0.29, 0.717) is 18.2 Å². The third-order valence-electron chi connectivity index (χ3n) is 1.75. The van der Waals surface area contributed by atoms with Gasteiger partial charge in [0.05, 0.1) is 4.92 Å². The molecule has 15 heavy (non-hydrogen) atoms. The van der Waals surface area contributed by atoms with Crippen LogP contribution in [0.3, 0.4) is 0 Å². The van der Waals surface area contributed by atoms with E-state index in [1.807, 2.05) is 0 Å². The average Bonchev–Trinajstić information content (AvgIpc) is 2.17. The molecule has 0 amide bonds. The molecule has 0 atom stereocenters. The number of nitrogens with zero attached hydrogens (tertiary/aromatic N) is 1. The Balaban J connectivity index is 3.37. The van der Waals surface area contributed by atoms with Crippen LogP contribution in [0.5, 0.6) is 0 Å². The molecule has 0 aliphatic heterocycles. The first kappa shape index (κ1) is 11.4. The number of alkyl halides is 2. The van der Waals surface area contributed by atoms with Crippen molar-refractivity contribution in [1.29, 1.82) is 0 Å². The first-order valence-electron chi connectivity index (χ1n) is 3.81. The van der Waals surface area contributed by atoms with E-state index in [-0.39, 0.29) is 0 Å². The van der Waals surface area contributed by atoms with Crippen LogP contribution in [-0.4, -0.2) is 16.6 Å². The average molecular weight is 221 g/mol. The van der Waals surface area contributed by atoms with Crippen molar-refractivity contribution < 1.29 is 23.2 Å². The van der Waals surface area contributed by atoms with Crippen molar-refractivity contribution >= 4 is 5.69 Å². The highest BCUT2D eigenvalue weighted by atomic mass is 19.3. The number of aliphatic hydroxyl groups is 1. The number of rotatable bonds is 3. The van der Waals surface area contributed by atoms with Gasteiger partial charge in [0.2, 0.25) is 0 Å².